The fourth-order valence-electron chi connectivity index (χ4n) is 5.37. The van der Waals surface area contributed by atoms with E-state index in [-0.39, 0.29) is 23.9 Å². The first-order chi connectivity index (χ1) is 18.9. The fourth-order valence-corrected chi connectivity index (χ4v) is 5.37. The van der Waals surface area contributed by atoms with Gasteiger partial charge in [-0.1, -0.05) is 0 Å². The standard InChI is InChI=1S/C30H49N3O6/c1-22(2)33(30(35)23-9-14-27(38-5)28(20-23)39-19-7-18-37-4)26-11-10-24(31-21-26)15-16-32(25-12-13-25)29(34)8-6-17-36-3/h9,14,20,22,24-26,31H,6-8,10-13,15-19,21H2,1-5H3/t24-,26-/m1/s1. The molecule has 0 bridgehead atoms. The third-order valence-electron chi connectivity index (χ3n) is 7.60. The average Bonchev–Trinajstić information content (AvgIpc) is 3.77. The Bertz CT molecular complexity index is 899. The van der Waals surface area contributed by atoms with Crippen LogP contribution in [-0.2, 0) is 14.3 Å². The van der Waals surface area contributed by atoms with Crippen molar-refractivity contribution in [2.45, 2.75) is 89.4 Å². The fraction of sp³-hybridized carbons (Fsp3) is 0.733. The predicted molar refractivity (Wildman–Crippen MR) is 152 cm³/mol. The molecule has 0 radical (unpaired) electrons. The highest BCUT2D eigenvalue weighted by atomic mass is 16.5. The minimum absolute atomic E-state index is 0.00112. The second-order valence-electron chi connectivity index (χ2n) is 10.9. The molecule has 2 aliphatic rings. The third kappa shape index (κ3) is 9.36. The highest BCUT2D eigenvalue weighted by Gasteiger charge is 2.34. The monoisotopic (exact) mass is 547 g/mol. The lowest BCUT2D eigenvalue weighted by Crippen LogP contribution is -2.54. The van der Waals surface area contributed by atoms with Crippen LogP contribution in [0.5, 0.6) is 11.5 Å². The number of carbonyl (C=O) groups excluding carboxylic acids is 2. The molecule has 3 rings (SSSR count). The summed E-state index contributed by atoms with van der Waals surface area (Å²) >= 11 is 0. The molecule has 1 saturated carbocycles. The Morgan fingerprint density at radius 3 is 2.28 bits per heavy atom. The van der Waals surface area contributed by atoms with E-state index in [2.05, 4.69) is 24.1 Å². The molecule has 9 nitrogen and oxygen atoms in total. The Morgan fingerprint density at radius 1 is 0.949 bits per heavy atom. The van der Waals surface area contributed by atoms with Crippen molar-refractivity contribution in [2.24, 2.45) is 0 Å². The molecule has 0 aromatic heterocycles. The number of nitrogens with zero attached hydrogens (tertiary/aromatic N) is 2. The number of amides is 2. The van der Waals surface area contributed by atoms with Gasteiger partial charge in [0.2, 0.25) is 5.91 Å². The lowest BCUT2D eigenvalue weighted by molar-refractivity contribution is -0.132. The topological polar surface area (TPSA) is 89.6 Å². The van der Waals surface area contributed by atoms with Crippen molar-refractivity contribution in [3.05, 3.63) is 23.8 Å². The molecule has 1 N–H and O–H groups in total. The van der Waals surface area contributed by atoms with Crippen molar-refractivity contribution in [2.75, 3.05) is 54.2 Å². The molecule has 0 unspecified atom stereocenters. The summed E-state index contributed by atoms with van der Waals surface area (Å²) in [6, 6.07) is 6.34. The van der Waals surface area contributed by atoms with E-state index in [1.807, 2.05) is 11.0 Å². The molecular formula is C30H49N3O6. The van der Waals surface area contributed by atoms with Gasteiger partial charge in [-0.05, 0) is 70.6 Å². The van der Waals surface area contributed by atoms with E-state index in [4.69, 9.17) is 18.9 Å². The Labute approximate surface area is 234 Å². The first-order valence-corrected chi connectivity index (χ1v) is 14.5. The highest BCUT2D eigenvalue weighted by molar-refractivity contribution is 5.95. The van der Waals surface area contributed by atoms with Gasteiger partial charge in [0.1, 0.15) is 0 Å². The van der Waals surface area contributed by atoms with Crippen LogP contribution in [0.1, 0.15) is 75.6 Å². The molecular weight excluding hydrogens is 498 g/mol. The normalized spacial score (nSPS) is 19.1. The molecule has 39 heavy (non-hydrogen) atoms. The zero-order valence-corrected chi connectivity index (χ0v) is 24.6. The maximum Gasteiger partial charge on any atom is 0.254 e. The quantitative estimate of drug-likeness (QED) is 0.296. The molecule has 0 spiro atoms. The number of rotatable bonds is 17. The smallest absolute Gasteiger partial charge is 0.254 e. The summed E-state index contributed by atoms with van der Waals surface area (Å²) in [5.41, 5.74) is 0.598. The first-order valence-electron chi connectivity index (χ1n) is 14.5. The maximum atomic E-state index is 13.7. The van der Waals surface area contributed by atoms with Gasteiger partial charge in [-0.15, -0.1) is 0 Å². The van der Waals surface area contributed by atoms with E-state index < -0.39 is 0 Å². The number of ether oxygens (including phenoxy) is 4. The van der Waals surface area contributed by atoms with E-state index in [0.29, 0.717) is 55.4 Å². The second-order valence-corrected chi connectivity index (χ2v) is 10.9. The largest absolute Gasteiger partial charge is 0.493 e. The van der Waals surface area contributed by atoms with Gasteiger partial charge in [-0.2, -0.15) is 0 Å². The van der Waals surface area contributed by atoms with Gasteiger partial charge in [0.15, 0.2) is 11.5 Å². The summed E-state index contributed by atoms with van der Waals surface area (Å²) in [5.74, 6) is 1.43. The van der Waals surface area contributed by atoms with Crippen molar-refractivity contribution < 1.29 is 28.5 Å². The summed E-state index contributed by atoms with van der Waals surface area (Å²) in [5, 5.41) is 3.68. The number of hydrogen-bond donors (Lipinski definition) is 1. The molecule has 1 saturated heterocycles. The van der Waals surface area contributed by atoms with Gasteiger partial charge in [0.25, 0.3) is 5.91 Å². The Hall–Kier alpha value is -2.36. The van der Waals surface area contributed by atoms with Gasteiger partial charge in [0.05, 0.1) is 13.7 Å². The van der Waals surface area contributed by atoms with Crippen molar-refractivity contribution in [3.8, 4) is 11.5 Å². The van der Waals surface area contributed by atoms with Crippen LogP contribution >= 0.6 is 0 Å². The Balaban J connectivity index is 1.56. The number of carbonyl (C=O) groups is 2. The number of hydrogen-bond acceptors (Lipinski definition) is 7. The van der Waals surface area contributed by atoms with Crippen molar-refractivity contribution in [1.82, 2.24) is 15.1 Å². The summed E-state index contributed by atoms with van der Waals surface area (Å²) in [6.07, 6.45) is 7.18. The summed E-state index contributed by atoms with van der Waals surface area (Å²) in [4.78, 5) is 30.5. The molecule has 1 aliphatic heterocycles. The molecule has 2 amide bonds. The molecule has 2 atom stereocenters. The zero-order valence-electron chi connectivity index (χ0n) is 24.6. The lowest BCUT2D eigenvalue weighted by atomic mass is 9.95. The Morgan fingerprint density at radius 2 is 1.67 bits per heavy atom. The minimum Gasteiger partial charge on any atom is -0.493 e. The Kier molecular flexibility index (Phi) is 12.8. The highest BCUT2D eigenvalue weighted by Crippen LogP contribution is 2.31. The van der Waals surface area contributed by atoms with E-state index in [0.717, 1.165) is 58.0 Å². The predicted octanol–water partition coefficient (Wildman–Crippen LogP) is 3.89. The van der Waals surface area contributed by atoms with Crippen LogP contribution < -0.4 is 14.8 Å². The van der Waals surface area contributed by atoms with Crippen LogP contribution in [-0.4, -0.2) is 100 Å². The number of nitrogens with one attached hydrogen (secondary N) is 1. The molecule has 1 aromatic carbocycles. The van der Waals surface area contributed by atoms with E-state index in [9.17, 15) is 9.59 Å². The minimum atomic E-state index is 0.00112. The number of piperidine rings is 1. The van der Waals surface area contributed by atoms with E-state index >= 15 is 0 Å². The zero-order chi connectivity index (χ0) is 28.2. The van der Waals surface area contributed by atoms with Crippen LogP contribution in [0.4, 0.5) is 0 Å². The number of methoxy groups -OCH3 is 3. The van der Waals surface area contributed by atoms with Crippen LogP contribution in [0.2, 0.25) is 0 Å². The van der Waals surface area contributed by atoms with Crippen LogP contribution in [0.3, 0.4) is 0 Å². The molecule has 1 aromatic rings. The van der Waals surface area contributed by atoms with E-state index in [1.165, 1.54) is 0 Å². The summed E-state index contributed by atoms with van der Waals surface area (Å²) in [7, 11) is 4.94. The van der Waals surface area contributed by atoms with Crippen molar-refractivity contribution in [1.29, 1.82) is 0 Å². The van der Waals surface area contributed by atoms with Gasteiger partial charge in [0, 0.05) is 83.1 Å². The van der Waals surface area contributed by atoms with Crippen molar-refractivity contribution >= 4 is 11.8 Å². The average molecular weight is 548 g/mol. The number of benzene rings is 1. The van der Waals surface area contributed by atoms with Crippen LogP contribution in [0.15, 0.2) is 18.2 Å². The summed E-state index contributed by atoms with van der Waals surface area (Å²) < 4.78 is 21.6. The third-order valence-corrected chi connectivity index (χ3v) is 7.60. The van der Waals surface area contributed by atoms with Crippen LogP contribution in [0, 0.1) is 0 Å². The SMILES string of the molecule is COCCCOc1cc(C(=O)N(C(C)C)[C@@H]2CC[C@H](CCN(C(=O)CCCOC)C3CC3)NC2)ccc1OC. The second kappa shape index (κ2) is 16.0. The van der Waals surface area contributed by atoms with Gasteiger partial charge in [-0.3, -0.25) is 9.59 Å². The van der Waals surface area contributed by atoms with Gasteiger partial charge >= 0.3 is 0 Å². The maximum absolute atomic E-state index is 13.7. The first kappa shape index (κ1) is 31.2. The lowest BCUT2D eigenvalue weighted by Gasteiger charge is -2.40. The van der Waals surface area contributed by atoms with Crippen molar-refractivity contribution in [3.63, 3.8) is 0 Å². The molecule has 1 heterocycles. The molecule has 1 aliphatic carbocycles. The van der Waals surface area contributed by atoms with Gasteiger partial charge < -0.3 is 34.1 Å². The molecule has 9 heteroatoms. The van der Waals surface area contributed by atoms with Crippen LogP contribution in [0.25, 0.3) is 0 Å². The summed E-state index contributed by atoms with van der Waals surface area (Å²) in [6.45, 7) is 7.40. The van der Waals surface area contributed by atoms with E-state index in [1.54, 1.807) is 33.5 Å². The molecule has 220 valence electrons. The van der Waals surface area contributed by atoms with Gasteiger partial charge in [-0.25, -0.2) is 0 Å². The molecule has 2 fully saturated rings.